The number of piperazine rings is 1. The third-order valence-electron chi connectivity index (χ3n) is 4.24. The van der Waals surface area contributed by atoms with Gasteiger partial charge in [-0.3, -0.25) is 9.78 Å². The molecule has 1 fully saturated rings. The van der Waals surface area contributed by atoms with Gasteiger partial charge in [-0.25, -0.2) is 0 Å². The highest BCUT2D eigenvalue weighted by Gasteiger charge is 2.12. The summed E-state index contributed by atoms with van der Waals surface area (Å²) < 4.78 is 0. The molecule has 1 aliphatic heterocycles. The van der Waals surface area contributed by atoms with Crippen LogP contribution in [0.4, 0.5) is 0 Å². The summed E-state index contributed by atoms with van der Waals surface area (Å²) in [4.78, 5) is 19.4. The average molecular weight is 385 g/mol. The molecule has 1 saturated heterocycles. The first-order valence-electron chi connectivity index (χ1n) is 8.32. The Morgan fingerprint density at radius 2 is 1.96 bits per heavy atom. The number of fused-ring (bicyclic) bond motifs is 1. The third-order valence-corrected chi connectivity index (χ3v) is 4.24. The summed E-state index contributed by atoms with van der Waals surface area (Å²) in [6.45, 7) is 8.00. The van der Waals surface area contributed by atoms with E-state index in [0.29, 0.717) is 6.54 Å². The van der Waals surface area contributed by atoms with Crippen molar-refractivity contribution >= 4 is 41.6 Å². The Morgan fingerprint density at radius 3 is 2.72 bits per heavy atom. The van der Waals surface area contributed by atoms with Gasteiger partial charge < -0.3 is 15.5 Å². The lowest BCUT2D eigenvalue weighted by Crippen LogP contribution is -2.44. The van der Waals surface area contributed by atoms with Crippen LogP contribution in [0.2, 0.25) is 0 Å². The maximum atomic E-state index is 12.5. The van der Waals surface area contributed by atoms with E-state index in [9.17, 15) is 4.79 Å². The van der Waals surface area contributed by atoms with Gasteiger partial charge in [0, 0.05) is 43.8 Å². The molecule has 2 aromatic rings. The lowest BCUT2D eigenvalue weighted by atomic mass is 10.1. The number of hydrogen-bond acceptors (Lipinski definition) is 4. The normalized spacial score (nSPS) is 14.4. The van der Waals surface area contributed by atoms with Crippen molar-refractivity contribution in [1.29, 1.82) is 0 Å². The lowest BCUT2D eigenvalue weighted by molar-refractivity contribution is 0.0952. The number of aryl methyl sites for hydroxylation is 1. The molecule has 1 aromatic heterocycles. The number of rotatable bonds is 5. The number of halogens is 2. The Kier molecular flexibility index (Phi) is 9.14. The monoisotopic (exact) mass is 384 g/mol. The van der Waals surface area contributed by atoms with Crippen molar-refractivity contribution < 1.29 is 4.79 Å². The van der Waals surface area contributed by atoms with Crippen LogP contribution < -0.4 is 10.6 Å². The van der Waals surface area contributed by atoms with Gasteiger partial charge in [0.1, 0.15) is 0 Å². The van der Waals surface area contributed by atoms with Gasteiger partial charge >= 0.3 is 0 Å². The molecule has 0 bridgehead atoms. The van der Waals surface area contributed by atoms with Crippen LogP contribution in [-0.2, 0) is 0 Å². The fraction of sp³-hybridized carbons (Fsp3) is 0.444. The van der Waals surface area contributed by atoms with Gasteiger partial charge in [0.05, 0.1) is 11.1 Å². The van der Waals surface area contributed by atoms with Gasteiger partial charge in [-0.05, 0) is 32.0 Å². The maximum Gasteiger partial charge on any atom is 0.252 e. The highest BCUT2D eigenvalue weighted by atomic mass is 35.5. The largest absolute Gasteiger partial charge is 0.352 e. The van der Waals surface area contributed by atoms with Gasteiger partial charge in [-0.1, -0.05) is 18.2 Å². The highest BCUT2D eigenvalue weighted by Crippen LogP contribution is 2.18. The van der Waals surface area contributed by atoms with Crippen molar-refractivity contribution in [2.45, 2.75) is 13.3 Å². The van der Waals surface area contributed by atoms with Gasteiger partial charge in [0.25, 0.3) is 5.91 Å². The molecule has 138 valence electrons. The molecule has 2 N–H and O–H groups in total. The Labute approximate surface area is 161 Å². The Hall–Kier alpha value is -1.40. The number of para-hydroxylation sites is 1. The van der Waals surface area contributed by atoms with Crippen LogP contribution in [-0.4, -0.2) is 55.1 Å². The predicted octanol–water partition coefficient (Wildman–Crippen LogP) is 2.41. The summed E-state index contributed by atoms with van der Waals surface area (Å²) in [7, 11) is 0. The van der Waals surface area contributed by atoms with E-state index < -0.39 is 0 Å². The van der Waals surface area contributed by atoms with Crippen LogP contribution in [0.1, 0.15) is 22.5 Å². The van der Waals surface area contributed by atoms with E-state index in [1.807, 2.05) is 37.3 Å². The van der Waals surface area contributed by atoms with Crippen LogP contribution in [0.5, 0.6) is 0 Å². The first-order chi connectivity index (χ1) is 11.2. The van der Waals surface area contributed by atoms with Crippen molar-refractivity contribution in [3.63, 3.8) is 0 Å². The van der Waals surface area contributed by atoms with Crippen molar-refractivity contribution in [3.05, 3.63) is 41.6 Å². The number of amides is 1. The summed E-state index contributed by atoms with van der Waals surface area (Å²) in [6.07, 6.45) is 0.980. The van der Waals surface area contributed by atoms with Crippen molar-refractivity contribution in [2.75, 3.05) is 39.3 Å². The number of carbonyl (C=O) groups excluding carboxylic acids is 1. The van der Waals surface area contributed by atoms with Crippen molar-refractivity contribution in [1.82, 2.24) is 20.5 Å². The number of hydrogen-bond donors (Lipinski definition) is 2. The average Bonchev–Trinajstić information content (AvgIpc) is 2.58. The van der Waals surface area contributed by atoms with E-state index in [2.05, 4.69) is 20.5 Å². The molecule has 0 radical (unpaired) electrons. The molecule has 0 unspecified atom stereocenters. The van der Waals surface area contributed by atoms with Crippen molar-refractivity contribution in [3.8, 4) is 0 Å². The number of pyridine rings is 1. The number of carbonyl (C=O) groups is 1. The van der Waals surface area contributed by atoms with E-state index in [0.717, 1.165) is 61.3 Å². The number of nitrogens with one attached hydrogen (secondary N) is 2. The molecule has 7 heteroatoms. The zero-order valence-corrected chi connectivity index (χ0v) is 16.1. The molecule has 1 aromatic carbocycles. The van der Waals surface area contributed by atoms with Crippen molar-refractivity contribution in [2.24, 2.45) is 0 Å². The van der Waals surface area contributed by atoms with Crippen LogP contribution >= 0.6 is 24.8 Å². The topological polar surface area (TPSA) is 57.3 Å². The zero-order chi connectivity index (χ0) is 16.1. The molecule has 1 aliphatic rings. The molecule has 3 rings (SSSR count). The Morgan fingerprint density at radius 1 is 1.24 bits per heavy atom. The molecular formula is C18H26Cl2N4O. The van der Waals surface area contributed by atoms with E-state index in [1.165, 1.54) is 0 Å². The molecular weight excluding hydrogens is 359 g/mol. The quantitative estimate of drug-likeness (QED) is 0.777. The first-order valence-corrected chi connectivity index (χ1v) is 8.32. The number of nitrogens with zero attached hydrogens (tertiary/aromatic N) is 2. The zero-order valence-electron chi connectivity index (χ0n) is 14.5. The highest BCUT2D eigenvalue weighted by molar-refractivity contribution is 6.06. The summed E-state index contributed by atoms with van der Waals surface area (Å²) in [6, 6.07) is 9.67. The molecule has 0 atom stereocenters. The second kappa shape index (κ2) is 10.6. The van der Waals surface area contributed by atoms with E-state index in [-0.39, 0.29) is 30.7 Å². The Bertz CT molecular complexity index is 690. The first kappa shape index (κ1) is 21.6. The fourth-order valence-corrected chi connectivity index (χ4v) is 3.03. The smallest absolute Gasteiger partial charge is 0.252 e. The Balaban J connectivity index is 0.00000156. The maximum absolute atomic E-state index is 12.5. The van der Waals surface area contributed by atoms with Crippen LogP contribution in [0, 0.1) is 6.92 Å². The van der Waals surface area contributed by atoms with Crippen LogP contribution in [0.25, 0.3) is 10.9 Å². The third kappa shape index (κ3) is 5.82. The molecule has 0 saturated carbocycles. The summed E-state index contributed by atoms with van der Waals surface area (Å²) >= 11 is 0. The number of aromatic nitrogens is 1. The van der Waals surface area contributed by atoms with Crippen LogP contribution in [0.15, 0.2) is 30.3 Å². The molecule has 25 heavy (non-hydrogen) atoms. The summed E-state index contributed by atoms with van der Waals surface area (Å²) in [5.74, 6) is -0.00740. The second-order valence-corrected chi connectivity index (χ2v) is 6.03. The van der Waals surface area contributed by atoms with Crippen LogP contribution in [0.3, 0.4) is 0 Å². The molecule has 0 spiro atoms. The van der Waals surface area contributed by atoms with Gasteiger partial charge in [0.15, 0.2) is 0 Å². The predicted molar refractivity (Wildman–Crippen MR) is 107 cm³/mol. The summed E-state index contributed by atoms with van der Waals surface area (Å²) in [5.41, 5.74) is 2.46. The lowest BCUT2D eigenvalue weighted by Gasteiger charge is -2.27. The summed E-state index contributed by atoms with van der Waals surface area (Å²) in [5, 5.41) is 7.31. The van der Waals surface area contributed by atoms with E-state index in [1.54, 1.807) is 0 Å². The molecule has 2 heterocycles. The minimum absolute atomic E-state index is 0. The van der Waals surface area contributed by atoms with Gasteiger partial charge in [-0.15, -0.1) is 24.8 Å². The molecule has 5 nitrogen and oxygen atoms in total. The van der Waals surface area contributed by atoms with E-state index >= 15 is 0 Å². The standard InChI is InChI=1S/C18H24N4O.2ClH/c1-14-13-16(15-5-2-3-6-17(15)21-14)18(23)20-7-4-10-22-11-8-19-9-12-22;;/h2-3,5-6,13,19H,4,7-12H2,1H3,(H,20,23);2*1H. The van der Waals surface area contributed by atoms with E-state index in [4.69, 9.17) is 0 Å². The second-order valence-electron chi connectivity index (χ2n) is 6.03. The molecule has 1 amide bonds. The fourth-order valence-electron chi connectivity index (χ4n) is 3.03. The van der Waals surface area contributed by atoms with Gasteiger partial charge in [0.2, 0.25) is 0 Å². The van der Waals surface area contributed by atoms with Gasteiger partial charge in [-0.2, -0.15) is 0 Å². The minimum atomic E-state index is -0.00740. The minimum Gasteiger partial charge on any atom is -0.352 e. The number of benzene rings is 1. The SMILES string of the molecule is Cc1cc(C(=O)NCCCN2CCNCC2)c2ccccc2n1.Cl.Cl. The molecule has 0 aliphatic carbocycles.